The number of carbonyl (C=O) groups is 1. The van der Waals surface area contributed by atoms with Gasteiger partial charge in [-0.05, 0) is 41.3 Å². The first kappa shape index (κ1) is 20.5. The fourth-order valence-electron chi connectivity index (χ4n) is 4.00. The van der Waals surface area contributed by atoms with Crippen LogP contribution >= 0.6 is 11.8 Å². The molecule has 0 atom stereocenters. The predicted molar refractivity (Wildman–Crippen MR) is 126 cm³/mol. The van der Waals surface area contributed by atoms with E-state index in [4.69, 9.17) is 4.98 Å². The van der Waals surface area contributed by atoms with Gasteiger partial charge in [-0.25, -0.2) is 4.98 Å². The Morgan fingerprint density at radius 2 is 1.81 bits per heavy atom. The first-order valence-corrected chi connectivity index (χ1v) is 11.5. The molecule has 160 valence electrons. The standard InChI is InChI=1S/C25H22N4O2S/c30-23(28-13-11-19-7-1-2-8-20(19)16-28)17-32-25-27-22-10-4-3-9-21(22)24(31)29(25)15-18-6-5-12-26-14-18/h1-10,12,14H,11,13,15-17H2. The highest BCUT2D eigenvalue weighted by Crippen LogP contribution is 2.22. The molecule has 0 fully saturated rings. The van der Waals surface area contributed by atoms with E-state index in [2.05, 4.69) is 17.1 Å². The second-order valence-electron chi connectivity index (χ2n) is 7.79. The van der Waals surface area contributed by atoms with Crippen LogP contribution in [0.25, 0.3) is 10.9 Å². The molecule has 0 saturated heterocycles. The molecule has 0 aliphatic carbocycles. The molecule has 2 aromatic carbocycles. The number of hydrogen-bond acceptors (Lipinski definition) is 5. The summed E-state index contributed by atoms with van der Waals surface area (Å²) in [6.45, 7) is 1.70. The van der Waals surface area contributed by atoms with E-state index < -0.39 is 0 Å². The summed E-state index contributed by atoms with van der Waals surface area (Å²) in [5, 5.41) is 1.11. The van der Waals surface area contributed by atoms with E-state index in [1.807, 2.05) is 47.4 Å². The van der Waals surface area contributed by atoms with Crippen LogP contribution < -0.4 is 5.56 Å². The molecule has 6 nitrogen and oxygen atoms in total. The summed E-state index contributed by atoms with van der Waals surface area (Å²) in [6, 6.07) is 19.4. The molecule has 1 aliphatic heterocycles. The third kappa shape index (κ3) is 4.16. The SMILES string of the molecule is O=C(CSc1nc2ccccc2c(=O)n1Cc1cccnc1)N1CCc2ccccc2C1. The number of fused-ring (bicyclic) bond motifs is 2. The van der Waals surface area contributed by atoms with Gasteiger partial charge in [0.2, 0.25) is 5.91 Å². The van der Waals surface area contributed by atoms with Crippen molar-refractivity contribution in [3.8, 4) is 0 Å². The third-order valence-electron chi connectivity index (χ3n) is 5.70. The van der Waals surface area contributed by atoms with Crippen LogP contribution in [-0.4, -0.2) is 37.6 Å². The molecule has 32 heavy (non-hydrogen) atoms. The molecule has 0 unspecified atom stereocenters. The lowest BCUT2D eigenvalue weighted by atomic mass is 10.00. The molecule has 1 amide bonds. The van der Waals surface area contributed by atoms with Gasteiger partial charge in [-0.15, -0.1) is 0 Å². The lowest BCUT2D eigenvalue weighted by Crippen LogP contribution is -2.37. The monoisotopic (exact) mass is 442 g/mol. The Bertz CT molecular complexity index is 1340. The molecular formula is C25H22N4O2S. The van der Waals surface area contributed by atoms with E-state index in [0.29, 0.717) is 35.7 Å². The minimum atomic E-state index is -0.110. The van der Waals surface area contributed by atoms with Crippen LogP contribution in [0, 0.1) is 0 Å². The molecular weight excluding hydrogens is 420 g/mol. The summed E-state index contributed by atoms with van der Waals surface area (Å²) in [5.41, 5.74) is 3.95. The Hall–Kier alpha value is -3.45. The van der Waals surface area contributed by atoms with Crippen molar-refractivity contribution in [1.29, 1.82) is 0 Å². The van der Waals surface area contributed by atoms with Crippen LogP contribution in [0.15, 0.2) is 83.0 Å². The molecule has 2 aromatic heterocycles. The fraction of sp³-hybridized carbons (Fsp3) is 0.200. The topological polar surface area (TPSA) is 68.1 Å². The lowest BCUT2D eigenvalue weighted by molar-refractivity contribution is -0.129. The maximum absolute atomic E-state index is 13.2. The van der Waals surface area contributed by atoms with E-state index >= 15 is 0 Å². The minimum absolute atomic E-state index is 0.0554. The summed E-state index contributed by atoms with van der Waals surface area (Å²) in [7, 11) is 0. The number of pyridine rings is 1. The maximum atomic E-state index is 13.2. The summed E-state index contributed by atoms with van der Waals surface area (Å²) in [5.74, 6) is 0.292. The number of nitrogens with zero attached hydrogens (tertiary/aromatic N) is 4. The molecule has 0 saturated carbocycles. The van der Waals surface area contributed by atoms with Gasteiger partial charge in [0, 0.05) is 25.5 Å². The van der Waals surface area contributed by atoms with Crippen molar-refractivity contribution in [2.24, 2.45) is 0 Å². The summed E-state index contributed by atoms with van der Waals surface area (Å²) in [6.07, 6.45) is 4.31. The fourth-order valence-corrected chi connectivity index (χ4v) is 4.90. The molecule has 7 heteroatoms. The van der Waals surface area contributed by atoms with Crippen molar-refractivity contribution < 1.29 is 4.79 Å². The molecule has 3 heterocycles. The average molecular weight is 443 g/mol. The van der Waals surface area contributed by atoms with Gasteiger partial charge in [-0.3, -0.25) is 19.1 Å². The van der Waals surface area contributed by atoms with Gasteiger partial charge in [0.15, 0.2) is 5.16 Å². The second kappa shape index (κ2) is 8.96. The smallest absolute Gasteiger partial charge is 0.262 e. The quantitative estimate of drug-likeness (QED) is 0.349. The third-order valence-corrected chi connectivity index (χ3v) is 6.66. The molecule has 0 radical (unpaired) electrons. The summed E-state index contributed by atoms with van der Waals surface area (Å²) in [4.78, 5) is 37.0. The predicted octanol–water partition coefficient (Wildman–Crippen LogP) is 3.52. The van der Waals surface area contributed by atoms with Crippen LogP contribution in [0.1, 0.15) is 16.7 Å². The zero-order valence-electron chi connectivity index (χ0n) is 17.5. The number of rotatable bonds is 5. The number of para-hydroxylation sites is 1. The maximum Gasteiger partial charge on any atom is 0.262 e. The van der Waals surface area contributed by atoms with Crippen LogP contribution in [-0.2, 0) is 24.3 Å². The van der Waals surface area contributed by atoms with Crippen molar-refractivity contribution >= 4 is 28.6 Å². The summed E-state index contributed by atoms with van der Waals surface area (Å²) >= 11 is 1.32. The Labute approximate surface area is 189 Å². The largest absolute Gasteiger partial charge is 0.337 e. The van der Waals surface area contributed by atoms with Gasteiger partial charge in [-0.2, -0.15) is 0 Å². The van der Waals surface area contributed by atoms with Crippen LogP contribution in [0.4, 0.5) is 0 Å². The number of amides is 1. The van der Waals surface area contributed by atoms with E-state index in [-0.39, 0.29) is 17.2 Å². The Kier molecular flexibility index (Phi) is 5.73. The van der Waals surface area contributed by atoms with E-state index in [9.17, 15) is 9.59 Å². The highest BCUT2D eigenvalue weighted by molar-refractivity contribution is 7.99. The zero-order chi connectivity index (χ0) is 21.9. The van der Waals surface area contributed by atoms with E-state index in [1.165, 1.54) is 22.9 Å². The van der Waals surface area contributed by atoms with Crippen molar-refractivity contribution in [2.75, 3.05) is 12.3 Å². The van der Waals surface area contributed by atoms with Gasteiger partial charge < -0.3 is 4.90 Å². The van der Waals surface area contributed by atoms with E-state index in [1.54, 1.807) is 23.0 Å². The minimum Gasteiger partial charge on any atom is -0.337 e. The van der Waals surface area contributed by atoms with Gasteiger partial charge in [0.25, 0.3) is 5.56 Å². The van der Waals surface area contributed by atoms with Crippen LogP contribution in [0.3, 0.4) is 0 Å². The van der Waals surface area contributed by atoms with Gasteiger partial charge in [0.1, 0.15) is 0 Å². The molecule has 0 N–H and O–H groups in total. The van der Waals surface area contributed by atoms with E-state index in [0.717, 1.165) is 12.0 Å². The first-order valence-electron chi connectivity index (χ1n) is 10.5. The van der Waals surface area contributed by atoms with Crippen molar-refractivity contribution in [3.05, 3.63) is 100 Å². The van der Waals surface area contributed by atoms with Gasteiger partial charge in [0.05, 0.1) is 23.2 Å². The van der Waals surface area contributed by atoms with Crippen LogP contribution in [0.2, 0.25) is 0 Å². The highest BCUT2D eigenvalue weighted by Gasteiger charge is 2.21. The molecule has 0 bridgehead atoms. The first-order chi connectivity index (χ1) is 15.7. The van der Waals surface area contributed by atoms with Crippen LogP contribution in [0.5, 0.6) is 0 Å². The molecule has 1 aliphatic rings. The van der Waals surface area contributed by atoms with Gasteiger partial charge in [-0.1, -0.05) is 54.2 Å². The lowest BCUT2D eigenvalue weighted by Gasteiger charge is -2.28. The van der Waals surface area contributed by atoms with Crippen molar-refractivity contribution in [2.45, 2.75) is 24.7 Å². The normalized spacial score (nSPS) is 13.2. The number of benzene rings is 2. The van der Waals surface area contributed by atoms with Crippen molar-refractivity contribution in [1.82, 2.24) is 19.4 Å². The molecule has 4 aromatic rings. The number of carbonyl (C=O) groups excluding carboxylic acids is 1. The average Bonchev–Trinajstić information content (AvgIpc) is 2.85. The number of aromatic nitrogens is 3. The number of thioether (sulfide) groups is 1. The molecule has 0 spiro atoms. The highest BCUT2D eigenvalue weighted by atomic mass is 32.2. The zero-order valence-corrected chi connectivity index (χ0v) is 18.3. The number of hydrogen-bond donors (Lipinski definition) is 0. The molecule has 5 rings (SSSR count). The Morgan fingerprint density at radius 3 is 2.66 bits per heavy atom. The summed E-state index contributed by atoms with van der Waals surface area (Å²) < 4.78 is 1.64. The Balaban J connectivity index is 1.40. The van der Waals surface area contributed by atoms with Crippen molar-refractivity contribution in [3.63, 3.8) is 0 Å². The Morgan fingerprint density at radius 1 is 1.00 bits per heavy atom. The second-order valence-corrected chi connectivity index (χ2v) is 8.73. The van der Waals surface area contributed by atoms with Gasteiger partial charge >= 0.3 is 0 Å².